The van der Waals surface area contributed by atoms with E-state index in [2.05, 4.69) is 10.2 Å². The highest BCUT2D eigenvalue weighted by atomic mass is 16.2. The fourth-order valence-electron chi connectivity index (χ4n) is 4.54. The molecule has 5 nitrogen and oxygen atoms in total. The predicted octanol–water partition coefficient (Wildman–Crippen LogP) is 3.43. The molecular formula is C22H31N3O2. The van der Waals surface area contributed by atoms with E-state index in [-0.39, 0.29) is 17.7 Å². The number of amides is 2. The Balaban J connectivity index is 1.41. The average molecular weight is 370 g/mol. The zero-order valence-electron chi connectivity index (χ0n) is 16.4. The summed E-state index contributed by atoms with van der Waals surface area (Å²) in [5.74, 6) is 1.54. The molecule has 2 aliphatic carbocycles. The molecule has 0 bridgehead atoms. The lowest BCUT2D eigenvalue weighted by atomic mass is 9.89. The molecule has 1 saturated heterocycles. The van der Waals surface area contributed by atoms with Gasteiger partial charge in [-0.05, 0) is 63.5 Å². The highest BCUT2D eigenvalue weighted by Crippen LogP contribution is 2.33. The van der Waals surface area contributed by atoms with Crippen LogP contribution in [-0.2, 0) is 4.79 Å². The summed E-state index contributed by atoms with van der Waals surface area (Å²) in [6.07, 6.45) is 8.76. The van der Waals surface area contributed by atoms with Crippen molar-refractivity contribution in [1.82, 2.24) is 15.2 Å². The third-order valence-corrected chi connectivity index (χ3v) is 6.45. The first kappa shape index (κ1) is 18.5. The summed E-state index contributed by atoms with van der Waals surface area (Å²) >= 11 is 0. The number of aryl methyl sites for hydroxylation is 1. The van der Waals surface area contributed by atoms with Crippen molar-refractivity contribution in [2.24, 2.45) is 11.8 Å². The molecule has 1 N–H and O–H groups in total. The standard InChI is InChI=1S/C22H31N3O2/c1-15-6-9-19(21(26)23-14-16-7-8-16)20(24-15)17-10-12-25(13-11-17)22(27)18-4-2-3-5-18/h6,9,16-18H,2-5,7-8,10-14H2,1H3,(H,23,26). The lowest BCUT2D eigenvalue weighted by molar-refractivity contribution is -0.136. The molecule has 4 rings (SSSR count). The van der Waals surface area contributed by atoms with Crippen LogP contribution in [0.4, 0.5) is 0 Å². The van der Waals surface area contributed by atoms with Gasteiger partial charge >= 0.3 is 0 Å². The van der Waals surface area contributed by atoms with Crippen LogP contribution in [0.1, 0.15) is 79.0 Å². The summed E-state index contributed by atoms with van der Waals surface area (Å²) in [5.41, 5.74) is 2.60. The second kappa shape index (κ2) is 7.99. The van der Waals surface area contributed by atoms with Gasteiger partial charge in [-0.2, -0.15) is 0 Å². The Morgan fingerprint density at radius 1 is 1.07 bits per heavy atom. The summed E-state index contributed by atoms with van der Waals surface area (Å²) < 4.78 is 0. The van der Waals surface area contributed by atoms with Gasteiger partial charge in [-0.25, -0.2) is 0 Å². The van der Waals surface area contributed by atoms with E-state index < -0.39 is 0 Å². The van der Waals surface area contributed by atoms with E-state index in [0.29, 0.717) is 11.8 Å². The smallest absolute Gasteiger partial charge is 0.253 e. The lowest BCUT2D eigenvalue weighted by Gasteiger charge is -2.34. The highest BCUT2D eigenvalue weighted by Gasteiger charge is 2.32. The molecular weight excluding hydrogens is 338 g/mol. The van der Waals surface area contributed by atoms with Crippen molar-refractivity contribution < 1.29 is 9.59 Å². The van der Waals surface area contributed by atoms with Crippen molar-refractivity contribution >= 4 is 11.8 Å². The summed E-state index contributed by atoms with van der Waals surface area (Å²) in [5, 5.41) is 3.08. The number of carbonyl (C=O) groups is 2. The van der Waals surface area contributed by atoms with Gasteiger partial charge in [-0.3, -0.25) is 14.6 Å². The molecule has 5 heteroatoms. The molecule has 27 heavy (non-hydrogen) atoms. The zero-order valence-corrected chi connectivity index (χ0v) is 16.4. The Morgan fingerprint density at radius 3 is 2.44 bits per heavy atom. The molecule has 0 spiro atoms. The summed E-state index contributed by atoms with van der Waals surface area (Å²) in [7, 11) is 0. The van der Waals surface area contributed by atoms with Crippen LogP contribution in [0.25, 0.3) is 0 Å². The minimum atomic E-state index is 0.00821. The molecule has 2 heterocycles. The van der Waals surface area contributed by atoms with Gasteiger partial charge in [0.25, 0.3) is 5.91 Å². The predicted molar refractivity (Wildman–Crippen MR) is 105 cm³/mol. The number of pyridine rings is 1. The maximum Gasteiger partial charge on any atom is 0.253 e. The molecule has 3 fully saturated rings. The van der Waals surface area contributed by atoms with Crippen molar-refractivity contribution in [1.29, 1.82) is 0 Å². The topological polar surface area (TPSA) is 62.3 Å². The summed E-state index contributed by atoms with van der Waals surface area (Å²) in [6.45, 7) is 4.34. The SMILES string of the molecule is Cc1ccc(C(=O)NCC2CC2)c(C2CCN(C(=O)C3CCCC3)CC2)n1. The number of nitrogens with zero attached hydrogens (tertiary/aromatic N) is 2. The van der Waals surface area contributed by atoms with E-state index in [1.54, 1.807) is 0 Å². The number of hydrogen-bond donors (Lipinski definition) is 1. The maximum atomic E-state index is 12.7. The van der Waals surface area contributed by atoms with Gasteiger partial charge in [-0.1, -0.05) is 12.8 Å². The third-order valence-electron chi connectivity index (χ3n) is 6.45. The van der Waals surface area contributed by atoms with E-state index in [1.807, 2.05) is 19.1 Å². The second-order valence-corrected chi connectivity index (χ2v) is 8.62. The van der Waals surface area contributed by atoms with Gasteiger partial charge in [0.15, 0.2) is 0 Å². The van der Waals surface area contributed by atoms with E-state index in [1.165, 1.54) is 25.7 Å². The molecule has 2 amide bonds. The van der Waals surface area contributed by atoms with E-state index in [0.717, 1.165) is 62.3 Å². The van der Waals surface area contributed by atoms with Crippen LogP contribution in [0.15, 0.2) is 12.1 Å². The quantitative estimate of drug-likeness (QED) is 0.865. The molecule has 0 radical (unpaired) electrons. The van der Waals surface area contributed by atoms with Crippen molar-refractivity contribution in [3.63, 3.8) is 0 Å². The molecule has 3 aliphatic rings. The molecule has 1 aromatic heterocycles. The van der Waals surface area contributed by atoms with Crippen LogP contribution in [0, 0.1) is 18.8 Å². The van der Waals surface area contributed by atoms with Crippen LogP contribution in [0.5, 0.6) is 0 Å². The van der Waals surface area contributed by atoms with Crippen molar-refractivity contribution in [2.75, 3.05) is 19.6 Å². The van der Waals surface area contributed by atoms with Gasteiger partial charge in [0.1, 0.15) is 0 Å². The third kappa shape index (κ3) is 4.33. The Kier molecular flexibility index (Phi) is 5.46. The number of nitrogens with one attached hydrogen (secondary N) is 1. The first-order chi connectivity index (χ1) is 13.1. The Morgan fingerprint density at radius 2 is 1.78 bits per heavy atom. The highest BCUT2D eigenvalue weighted by molar-refractivity contribution is 5.95. The maximum absolute atomic E-state index is 12.7. The van der Waals surface area contributed by atoms with E-state index in [9.17, 15) is 9.59 Å². The number of piperidine rings is 1. The minimum absolute atomic E-state index is 0.00821. The number of hydrogen-bond acceptors (Lipinski definition) is 3. The molecule has 1 aliphatic heterocycles. The fourth-order valence-corrected chi connectivity index (χ4v) is 4.54. The van der Waals surface area contributed by atoms with Gasteiger partial charge < -0.3 is 10.2 Å². The molecule has 0 unspecified atom stereocenters. The molecule has 1 aromatic rings. The van der Waals surface area contributed by atoms with Crippen LogP contribution in [0.2, 0.25) is 0 Å². The monoisotopic (exact) mass is 369 g/mol. The molecule has 0 atom stereocenters. The van der Waals surface area contributed by atoms with Crippen LogP contribution in [-0.4, -0.2) is 41.3 Å². The zero-order chi connectivity index (χ0) is 18.8. The number of likely N-dealkylation sites (tertiary alicyclic amines) is 1. The molecule has 146 valence electrons. The van der Waals surface area contributed by atoms with Crippen LogP contribution in [0.3, 0.4) is 0 Å². The Hall–Kier alpha value is -1.91. The van der Waals surface area contributed by atoms with Crippen LogP contribution < -0.4 is 5.32 Å². The van der Waals surface area contributed by atoms with Gasteiger partial charge in [0.05, 0.1) is 11.3 Å². The van der Waals surface area contributed by atoms with Gasteiger partial charge in [0, 0.05) is 37.2 Å². The lowest BCUT2D eigenvalue weighted by Crippen LogP contribution is -2.41. The Bertz CT molecular complexity index is 700. The van der Waals surface area contributed by atoms with Crippen molar-refractivity contribution in [3.8, 4) is 0 Å². The number of carbonyl (C=O) groups excluding carboxylic acids is 2. The first-order valence-corrected chi connectivity index (χ1v) is 10.7. The largest absolute Gasteiger partial charge is 0.352 e. The van der Waals surface area contributed by atoms with Gasteiger partial charge in [0.2, 0.25) is 5.91 Å². The van der Waals surface area contributed by atoms with Gasteiger partial charge in [-0.15, -0.1) is 0 Å². The summed E-state index contributed by atoms with van der Waals surface area (Å²) in [6, 6.07) is 3.85. The normalized spacial score (nSPS) is 21.4. The summed E-state index contributed by atoms with van der Waals surface area (Å²) in [4.78, 5) is 32.2. The molecule has 2 saturated carbocycles. The van der Waals surface area contributed by atoms with E-state index in [4.69, 9.17) is 4.98 Å². The fraction of sp³-hybridized carbons (Fsp3) is 0.682. The minimum Gasteiger partial charge on any atom is -0.352 e. The number of rotatable bonds is 5. The van der Waals surface area contributed by atoms with Crippen LogP contribution >= 0.6 is 0 Å². The van der Waals surface area contributed by atoms with Crippen molar-refractivity contribution in [2.45, 2.75) is 64.2 Å². The number of aromatic nitrogens is 1. The van der Waals surface area contributed by atoms with E-state index >= 15 is 0 Å². The second-order valence-electron chi connectivity index (χ2n) is 8.62. The first-order valence-electron chi connectivity index (χ1n) is 10.7. The average Bonchev–Trinajstić information content (AvgIpc) is 3.36. The Labute approximate surface area is 161 Å². The molecule has 0 aromatic carbocycles. The van der Waals surface area contributed by atoms with Crippen molar-refractivity contribution in [3.05, 3.63) is 29.1 Å².